The van der Waals surface area contributed by atoms with Gasteiger partial charge in [-0.3, -0.25) is 9.59 Å². The minimum atomic E-state index is -0.696. The van der Waals surface area contributed by atoms with E-state index in [1.165, 1.54) is 13.0 Å². The van der Waals surface area contributed by atoms with Crippen LogP contribution in [0, 0.1) is 0 Å². The largest absolute Gasteiger partial charge is 0.451 e. The number of esters is 1. The van der Waals surface area contributed by atoms with Crippen molar-refractivity contribution in [2.45, 2.75) is 32.3 Å². The second kappa shape index (κ2) is 4.69. The van der Waals surface area contributed by atoms with Crippen LogP contribution >= 0.6 is 0 Å². The van der Waals surface area contributed by atoms with E-state index in [-0.39, 0.29) is 11.6 Å². The van der Waals surface area contributed by atoms with Crippen molar-refractivity contribution in [1.29, 1.82) is 0 Å². The number of ether oxygens (including phenoxy) is 1. The quantitative estimate of drug-likeness (QED) is 0.582. The molecule has 0 aliphatic carbocycles. The first-order valence-electron chi connectivity index (χ1n) is 4.51. The van der Waals surface area contributed by atoms with Gasteiger partial charge in [0, 0.05) is 12.5 Å². The Labute approximate surface area is 81.9 Å². The number of hydrogen-bond acceptors (Lipinski definition) is 4. The van der Waals surface area contributed by atoms with Crippen LogP contribution < -0.4 is 0 Å². The molecule has 0 N–H and O–H groups in total. The molecule has 1 heterocycles. The fourth-order valence-corrected chi connectivity index (χ4v) is 1.23. The van der Waals surface area contributed by atoms with Crippen LogP contribution in [0.25, 0.3) is 0 Å². The Morgan fingerprint density at radius 2 is 2.14 bits per heavy atom. The number of cyclic esters (lactones) is 1. The molecule has 1 atom stereocenters. The summed E-state index contributed by atoms with van der Waals surface area (Å²) in [7, 11) is 0. The van der Waals surface area contributed by atoms with E-state index in [0.29, 0.717) is 19.3 Å². The molecule has 1 aliphatic heterocycles. The third kappa shape index (κ3) is 3.12. The van der Waals surface area contributed by atoms with Crippen LogP contribution in [0.15, 0.2) is 12.2 Å². The lowest BCUT2D eigenvalue weighted by Crippen LogP contribution is -2.24. The molecule has 0 aromatic carbocycles. The van der Waals surface area contributed by atoms with E-state index in [2.05, 4.69) is 0 Å². The van der Waals surface area contributed by atoms with Crippen LogP contribution in [0.4, 0.5) is 0 Å². The van der Waals surface area contributed by atoms with E-state index < -0.39 is 12.1 Å². The van der Waals surface area contributed by atoms with Gasteiger partial charge in [-0.1, -0.05) is 0 Å². The molecule has 76 valence electrons. The minimum Gasteiger partial charge on any atom is -0.451 e. The topological polar surface area (TPSA) is 60.4 Å². The Morgan fingerprint density at radius 3 is 2.79 bits per heavy atom. The maximum atomic E-state index is 11.0. The second-order valence-electron chi connectivity index (χ2n) is 3.23. The predicted molar refractivity (Wildman–Crippen MR) is 48.6 cm³/mol. The van der Waals surface area contributed by atoms with Gasteiger partial charge in [-0.05, 0) is 25.8 Å². The van der Waals surface area contributed by atoms with Crippen molar-refractivity contribution in [3.05, 3.63) is 12.2 Å². The van der Waals surface area contributed by atoms with Gasteiger partial charge < -0.3 is 4.74 Å². The molecular weight excluding hydrogens is 184 g/mol. The van der Waals surface area contributed by atoms with Crippen molar-refractivity contribution in [2.75, 3.05) is 0 Å². The van der Waals surface area contributed by atoms with Gasteiger partial charge in [0.15, 0.2) is 17.7 Å². The molecule has 4 nitrogen and oxygen atoms in total. The first kappa shape index (κ1) is 10.6. The molecule has 0 radical (unpaired) electrons. The molecule has 0 fully saturated rings. The number of ketones is 2. The molecule has 0 aromatic heterocycles. The van der Waals surface area contributed by atoms with Crippen molar-refractivity contribution in [3.63, 3.8) is 0 Å². The number of Topliss-reactive ketones (excluding diaryl/α,β-unsaturated/α-hetero) is 1. The smallest absolute Gasteiger partial charge is 0.331 e. The van der Waals surface area contributed by atoms with Gasteiger partial charge in [-0.2, -0.15) is 0 Å². The van der Waals surface area contributed by atoms with Gasteiger partial charge in [0.05, 0.1) is 0 Å². The molecule has 14 heavy (non-hydrogen) atoms. The lowest BCUT2D eigenvalue weighted by Gasteiger charge is -2.12. The zero-order chi connectivity index (χ0) is 10.6. The first-order valence-corrected chi connectivity index (χ1v) is 4.51. The molecule has 1 aliphatic rings. The Kier molecular flexibility index (Phi) is 3.56. The van der Waals surface area contributed by atoms with E-state index >= 15 is 0 Å². The van der Waals surface area contributed by atoms with Crippen LogP contribution in [-0.2, 0) is 19.1 Å². The summed E-state index contributed by atoms with van der Waals surface area (Å²) in [4.78, 5) is 33.1. The highest BCUT2D eigenvalue weighted by molar-refractivity contribution is 5.97. The van der Waals surface area contributed by atoms with Gasteiger partial charge in [0.2, 0.25) is 0 Å². The average molecular weight is 196 g/mol. The Bertz CT molecular complexity index is 290. The third-order valence-electron chi connectivity index (χ3n) is 2.01. The molecule has 0 aromatic rings. The number of carbonyl (C=O) groups is 3. The highest BCUT2D eigenvalue weighted by Crippen LogP contribution is 2.10. The second-order valence-corrected chi connectivity index (χ2v) is 3.23. The maximum Gasteiger partial charge on any atom is 0.331 e. The Morgan fingerprint density at radius 1 is 1.43 bits per heavy atom. The van der Waals surface area contributed by atoms with Crippen LogP contribution in [-0.4, -0.2) is 23.6 Å². The van der Waals surface area contributed by atoms with Crippen LogP contribution in [0.5, 0.6) is 0 Å². The Hall–Kier alpha value is -1.45. The van der Waals surface area contributed by atoms with Crippen molar-refractivity contribution in [3.8, 4) is 0 Å². The van der Waals surface area contributed by atoms with Crippen LogP contribution in [0.2, 0.25) is 0 Å². The van der Waals surface area contributed by atoms with Gasteiger partial charge >= 0.3 is 5.97 Å². The van der Waals surface area contributed by atoms with Crippen molar-refractivity contribution in [1.82, 2.24) is 0 Å². The molecule has 1 rings (SSSR count). The molecule has 0 bridgehead atoms. The van der Waals surface area contributed by atoms with Gasteiger partial charge in [-0.25, -0.2) is 4.79 Å². The molecular formula is C10H12O4. The first-order chi connectivity index (χ1) is 6.59. The molecule has 0 saturated heterocycles. The Balaban J connectivity index is 2.70. The summed E-state index contributed by atoms with van der Waals surface area (Å²) in [5, 5.41) is 0. The highest BCUT2D eigenvalue weighted by Gasteiger charge is 2.19. The van der Waals surface area contributed by atoms with Crippen LogP contribution in [0.1, 0.15) is 26.2 Å². The van der Waals surface area contributed by atoms with Crippen LogP contribution in [0.3, 0.4) is 0 Å². The number of hydrogen-bond donors (Lipinski definition) is 0. The molecule has 4 heteroatoms. The molecule has 0 amide bonds. The number of carbonyl (C=O) groups excluding carboxylic acids is 3. The number of rotatable bonds is 1. The SMILES string of the molecule is CC(=O)[C@H]1CCCC(=O)/C=C/C(=O)O1. The monoisotopic (exact) mass is 196 g/mol. The fourth-order valence-electron chi connectivity index (χ4n) is 1.23. The summed E-state index contributed by atoms with van der Waals surface area (Å²) in [5.41, 5.74) is 0. The zero-order valence-electron chi connectivity index (χ0n) is 7.99. The summed E-state index contributed by atoms with van der Waals surface area (Å²) >= 11 is 0. The summed E-state index contributed by atoms with van der Waals surface area (Å²) in [6.45, 7) is 1.38. The summed E-state index contributed by atoms with van der Waals surface area (Å²) in [6, 6.07) is 0. The van der Waals surface area contributed by atoms with Gasteiger partial charge in [0.1, 0.15) is 0 Å². The van der Waals surface area contributed by atoms with Crippen molar-refractivity contribution < 1.29 is 19.1 Å². The fraction of sp³-hybridized carbons (Fsp3) is 0.500. The predicted octanol–water partition coefficient (Wildman–Crippen LogP) is 0.796. The molecule has 0 unspecified atom stereocenters. The average Bonchev–Trinajstić information content (AvgIpc) is 2.19. The van der Waals surface area contributed by atoms with E-state index in [0.717, 1.165) is 6.08 Å². The lowest BCUT2D eigenvalue weighted by molar-refractivity contribution is -0.150. The van der Waals surface area contributed by atoms with E-state index in [4.69, 9.17) is 4.74 Å². The van der Waals surface area contributed by atoms with E-state index in [9.17, 15) is 14.4 Å². The number of allylic oxidation sites excluding steroid dienone is 1. The van der Waals surface area contributed by atoms with E-state index in [1.807, 2.05) is 0 Å². The highest BCUT2D eigenvalue weighted by atomic mass is 16.5. The normalized spacial score (nSPS) is 25.6. The van der Waals surface area contributed by atoms with E-state index in [1.54, 1.807) is 0 Å². The van der Waals surface area contributed by atoms with Crippen molar-refractivity contribution in [2.24, 2.45) is 0 Å². The standard InChI is InChI=1S/C10H12O4/c1-7(11)9-4-2-3-8(12)5-6-10(13)14-9/h5-6,9H,2-4H2,1H3/b6-5+/t9-/m1/s1. The summed E-state index contributed by atoms with van der Waals surface area (Å²) < 4.78 is 4.85. The van der Waals surface area contributed by atoms with Crippen molar-refractivity contribution >= 4 is 17.5 Å². The van der Waals surface area contributed by atoms with Gasteiger partial charge in [-0.15, -0.1) is 0 Å². The van der Waals surface area contributed by atoms with Gasteiger partial charge in [0.25, 0.3) is 0 Å². The minimum absolute atomic E-state index is 0.105. The molecule has 0 saturated carbocycles. The third-order valence-corrected chi connectivity index (χ3v) is 2.01. The maximum absolute atomic E-state index is 11.0. The summed E-state index contributed by atoms with van der Waals surface area (Å²) in [6.07, 6.45) is 2.93. The zero-order valence-corrected chi connectivity index (χ0v) is 7.99. The summed E-state index contributed by atoms with van der Waals surface area (Å²) in [5.74, 6) is -0.910. The molecule has 0 spiro atoms. The lowest BCUT2D eigenvalue weighted by atomic mass is 10.1.